The van der Waals surface area contributed by atoms with Gasteiger partial charge in [-0.25, -0.2) is 4.79 Å². The van der Waals surface area contributed by atoms with E-state index < -0.39 is 46.7 Å². The third kappa shape index (κ3) is 4.90. The Morgan fingerprint density at radius 3 is 2.22 bits per heavy atom. The molecule has 0 saturated heterocycles. The second-order valence-corrected chi connectivity index (χ2v) is 10.1. The summed E-state index contributed by atoms with van der Waals surface area (Å²) in [6, 6.07) is 0. The zero-order valence-corrected chi connectivity index (χ0v) is 20.4. The van der Waals surface area contributed by atoms with Gasteiger partial charge < -0.3 is 19.3 Å². The van der Waals surface area contributed by atoms with Crippen molar-refractivity contribution in [2.24, 2.45) is 11.3 Å². The van der Waals surface area contributed by atoms with Crippen LogP contribution in [-0.2, 0) is 33.4 Å². The quantitative estimate of drug-likeness (QED) is 0.384. The predicted octanol–water partition coefficient (Wildman–Crippen LogP) is 3.04. The van der Waals surface area contributed by atoms with E-state index in [9.17, 15) is 24.3 Å². The van der Waals surface area contributed by atoms with Crippen molar-refractivity contribution in [3.63, 3.8) is 0 Å². The van der Waals surface area contributed by atoms with Gasteiger partial charge in [0.15, 0.2) is 11.4 Å². The first-order valence-corrected chi connectivity index (χ1v) is 11.0. The van der Waals surface area contributed by atoms with Crippen LogP contribution < -0.4 is 0 Å². The SMILES string of the molecule is CC(=O)O[C@H](C)[C@](C)(O)C(=O)O[C@@H]1CC[C@]2(C)CC(=O)C(=C(C)C)C[C@H]2[C@]1(C)OC(C)=O. The van der Waals surface area contributed by atoms with E-state index in [1.165, 1.54) is 27.7 Å². The van der Waals surface area contributed by atoms with Gasteiger partial charge in [0.25, 0.3) is 0 Å². The molecule has 1 N–H and O–H groups in total. The van der Waals surface area contributed by atoms with Gasteiger partial charge >= 0.3 is 17.9 Å². The minimum atomic E-state index is -2.09. The van der Waals surface area contributed by atoms with Crippen LogP contribution in [0.25, 0.3) is 0 Å². The fourth-order valence-corrected chi connectivity index (χ4v) is 5.17. The third-order valence-electron chi connectivity index (χ3n) is 7.22. The van der Waals surface area contributed by atoms with E-state index in [0.29, 0.717) is 31.3 Å². The lowest BCUT2D eigenvalue weighted by Crippen LogP contribution is -2.62. The van der Waals surface area contributed by atoms with Crippen LogP contribution in [0, 0.1) is 11.3 Å². The van der Waals surface area contributed by atoms with Crippen molar-refractivity contribution >= 4 is 23.7 Å². The van der Waals surface area contributed by atoms with Gasteiger partial charge in [0.05, 0.1) is 0 Å². The number of hydrogen-bond acceptors (Lipinski definition) is 8. The number of aliphatic hydroxyl groups is 1. The van der Waals surface area contributed by atoms with Crippen molar-refractivity contribution in [2.75, 3.05) is 0 Å². The Labute approximate surface area is 189 Å². The Morgan fingerprint density at radius 2 is 1.72 bits per heavy atom. The monoisotopic (exact) mass is 452 g/mol. The fourth-order valence-electron chi connectivity index (χ4n) is 5.17. The third-order valence-corrected chi connectivity index (χ3v) is 7.22. The number of hydrogen-bond donors (Lipinski definition) is 1. The lowest BCUT2D eigenvalue weighted by atomic mass is 9.53. The van der Waals surface area contributed by atoms with E-state index in [0.717, 1.165) is 5.57 Å². The van der Waals surface area contributed by atoms with E-state index in [1.54, 1.807) is 6.92 Å². The molecule has 0 spiro atoms. The number of carbonyl (C=O) groups excluding carboxylic acids is 4. The Hall–Kier alpha value is -2.22. The minimum absolute atomic E-state index is 0.0995. The molecule has 2 aliphatic rings. The maximum atomic E-state index is 12.9. The minimum Gasteiger partial charge on any atom is -0.459 e. The Balaban J connectivity index is 2.41. The highest BCUT2D eigenvalue weighted by Crippen LogP contribution is 2.56. The highest BCUT2D eigenvalue weighted by atomic mass is 16.6. The van der Waals surface area contributed by atoms with Crippen LogP contribution in [0.3, 0.4) is 0 Å². The number of esters is 3. The molecule has 180 valence electrons. The molecule has 0 aromatic carbocycles. The van der Waals surface area contributed by atoms with E-state index in [-0.39, 0.29) is 11.7 Å². The second-order valence-electron chi connectivity index (χ2n) is 10.1. The van der Waals surface area contributed by atoms with Crippen LogP contribution in [-0.4, -0.2) is 52.2 Å². The van der Waals surface area contributed by atoms with Gasteiger partial charge in [0.2, 0.25) is 0 Å². The second kappa shape index (κ2) is 8.96. The normalized spacial score (nSPS) is 32.8. The van der Waals surface area contributed by atoms with E-state index in [4.69, 9.17) is 14.2 Å². The summed E-state index contributed by atoms with van der Waals surface area (Å²) in [5.74, 6) is -2.28. The number of ether oxygens (including phenoxy) is 3. The van der Waals surface area contributed by atoms with Gasteiger partial charge in [-0.05, 0) is 64.9 Å². The number of Topliss-reactive ketones (excluding diaryl/α,β-unsaturated/α-hetero) is 1. The van der Waals surface area contributed by atoms with Crippen LogP contribution in [0.1, 0.15) is 81.1 Å². The van der Waals surface area contributed by atoms with Crippen molar-refractivity contribution in [3.8, 4) is 0 Å². The first-order valence-electron chi connectivity index (χ1n) is 11.0. The zero-order chi connectivity index (χ0) is 24.6. The summed E-state index contributed by atoms with van der Waals surface area (Å²) in [5, 5.41) is 10.7. The molecule has 2 saturated carbocycles. The molecule has 2 rings (SSSR count). The molecule has 0 radical (unpaired) electrons. The molecular weight excluding hydrogens is 416 g/mol. The standard InChI is InChI=1S/C24H36O8/c1-13(2)17-11-19-22(6,12-18(17)27)10-9-20(24(19,8)32-16(5)26)31-21(28)23(7,29)14(3)30-15(4)25/h14,19-20,29H,9-12H2,1-8H3/t14-,19-,20-,22-,23+,24+/m1/s1. The number of rotatable bonds is 5. The Kier molecular flexibility index (Phi) is 7.29. The van der Waals surface area contributed by atoms with E-state index in [2.05, 4.69) is 0 Å². The molecule has 32 heavy (non-hydrogen) atoms. The first-order chi connectivity index (χ1) is 14.5. The number of ketones is 1. The topological polar surface area (TPSA) is 116 Å². The lowest BCUT2D eigenvalue weighted by molar-refractivity contribution is -0.228. The van der Waals surface area contributed by atoms with Gasteiger partial charge in [0, 0.05) is 26.2 Å². The molecule has 2 aliphatic carbocycles. The molecule has 8 heteroatoms. The van der Waals surface area contributed by atoms with Crippen molar-refractivity contribution in [2.45, 2.75) is 104 Å². The average molecular weight is 453 g/mol. The molecule has 6 atom stereocenters. The summed E-state index contributed by atoms with van der Waals surface area (Å²) in [6.07, 6.45) is -0.272. The van der Waals surface area contributed by atoms with Crippen molar-refractivity contribution < 1.29 is 38.5 Å². The molecule has 0 aromatic rings. The molecule has 0 aliphatic heterocycles. The van der Waals surface area contributed by atoms with Gasteiger partial charge in [-0.3, -0.25) is 14.4 Å². The predicted molar refractivity (Wildman–Crippen MR) is 115 cm³/mol. The fraction of sp³-hybridized carbons (Fsp3) is 0.750. The number of fused-ring (bicyclic) bond motifs is 1. The van der Waals surface area contributed by atoms with Crippen LogP contribution in [0.5, 0.6) is 0 Å². The number of carbonyl (C=O) groups is 4. The Morgan fingerprint density at radius 1 is 1.12 bits per heavy atom. The van der Waals surface area contributed by atoms with Crippen molar-refractivity contribution in [3.05, 3.63) is 11.1 Å². The number of allylic oxidation sites excluding steroid dienone is 2. The van der Waals surface area contributed by atoms with Gasteiger partial charge in [0.1, 0.15) is 17.8 Å². The van der Waals surface area contributed by atoms with Gasteiger partial charge in [-0.2, -0.15) is 0 Å². The zero-order valence-electron chi connectivity index (χ0n) is 20.4. The molecule has 0 unspecified atom stereocenters. The summed E-state index contributed by atoms with van der Waals surface area (Å²) < 4.78 is 16.5. The highest BCUT2D eigenvalue weighted by molar-refractivity contribution is 5.97. The van der Waals surface area contributed by atoms with Crippen LogP contribution in [0.4, 0.5) is 0 Å². The molecule has 0 bridgehead atoms. The van der Waals surface area contributed by atoms with E-state index in [1.807, 2.05) is 20.8 Å². The first kappa shape index (κ1) is 26.0. The molecule has 8 nitrogen and oxygen atoms in total. The maximum absolute atomic E-state index is 12.9. The smallest absolute Gasteiger partial charge is 0.342 e. The van der Waals surface area contributed by atoms with Crippen LogP contribution >= 0.6 is 0 Å². The summed E-state index contributed by atoms with van der Waals surface area (Å²) in [4.78, 5) is 49.0. The van der Waals surface area contributed by atoms with Gasteiger partial charge in [-0.1, -0.05) is 12.5 Å². The van der Waals surface area contributed by atoms with Crippen molar-refractivity contribution in [1.82, 2.24) is 0 Å². The lowest BCUT2D eigenvalue weighted by Gasteiger charge is -2.56. The largest absolute Gasteiger partial charge is 0.459 e. The maximum Gasteiger partial charge on any atom is 0.342 e. The molecule has 0 amide bonds. The average Bonchev–Trinajstić information content (AvgIpc) is 2.62. The molecule has 2 fully saturated rings. The van der Waals surface area contributed by atoms with Crippen molar-refractivity contribution in [1.29, 1.82) is 0 Å². The van der Waals surface area contributed by atoms with Crippen LogP contribution in [0.2, 0.25) is 0 Å². The van der Waals surface area contributed by atoms with E-state index >= 15 is 0 Å². The summed E-state index contributed by atoms with van der Waals surface area (Å²) >= 11 is 0. The van der Waals surface area contributed by atoms with Crippen LogP contribution in [0.15, 0.2) is 11.1 Å². The molecule has 0 aromatic heterocycles. The highest BCUT2D eigenvalue weighted by Gasteiger charge is 2.60. The summed E-state index contributed by atoms with van der Waals surface area (Å²) in [6.45, 7) is 12.6. The molecule has 0 heterocycles. The summed E-state index contributed by atoms with van der Waals surface area (Å²) in [5.41, 5.74) is -2.07. The Bertz CT molecular complexity index is 837. The van der Waals surface area contributed by atoms with Gasteiger partial charge in [-0.15, -0.1) is 0 Å². The molecular formula is C24H36O8. The summed E-state index contributed by atoms with van der Waals surface area (Å²) in [7, 11) is 0.